The Bertz CT molecular complexity index is 433. The number of rotatable bonds is 1. The summed E-state index contributed by atoms with van der Waals surface area (Å²) < 4.78 is 10.8. The van der Waals surface area contributed by atoms with E-state index in [0.29, 0.717) is 22.0 Å². The van der Waals surface area contributed by atoms with Crippen LogP contribution in [0.25, 0.3) is 11.5 Å². The van der Waals surface area contributed by atoms with Gasteiger partial charge in [0.15, 0.2) is 16.1 Å². The maximum atomic E-state index is 5.50. The monoisotopic (exact) mass is 242 g/mol. The number of halogens is 1. The fourth-order valence-electron chi connectivity index (χ4n) is 1.02. The van der Waals surface area contributed by atoms with E-state index in [-0.39, 0.29) is 0 Å². The van der Waals surface area contributed by atoms with Gasteiger partial charge < -0.3 is 14.7 Å². The number of hydrogen-bond donors (Lipinski definition) is 1. The Balaban J connectivity index is 2.52. The minimum Gasteiger partial charge on any atom is -0.448 e. The van der Waals surface area contributed by atoms with Gasteiger partial charge in [0.05, 0.1) is 0 Å². The van der Waals surface area contributed by atoms with Gasteiger partial charge in [0.25, 0.3) is 0 Å². The molecule has 2 aromatic heterocycles. The van der Waals surface area contributed by atoms with E-state index in [1.54, 1.807) is 12.1 Å². The molecule has 0 atom stereocenters. The first-order valence-corrected chi connectivity index (χ1v) is 4.45. The van der Waals surface area contributed by atoms with Gasteiger partial charge in [-0.05, 0) is 35.0 Å². The number of furan rings is 1. The van der Waals surface area contributed by atoms with Gasteiger partial charge in [-0.2, -0.15) is 0 Å². The van der Waals surface area contributed by atoms with Gasteiger partial charge in [-0.25, -0.2) is 0 Å². The molecule has 2 heterocycles. The molecule has 0 aromatic carbocycles. The van der Waals surface area contributed by atoms with E-state index < -0.39 is 0 Å². The minimum atomic E-state index is 0.322. The normalized spacial score (nSPS) is 10.6. The molecule has 0 aliphatic rings. The second-order valence-corrected chi connectivity index (χ2v) is 3.41. The molecule has 0 aliphatic carbocycles. The van der Waals surface area contributed by atoms with E-state index in [0.717, 1.165) is 5.56 Å². The van der Waals surface area contributed by atoms with Crippen LogP contribution in [-0.2, 0) is 0 Å². The third kappa shape index (κ3) is 1.35. The first-order chi connectivity index (χ1) is 6.18. The number of nitrogens with two attached hydrogens (primary N) is 1. The number of anilines is 1. The summed E-state index contributed by atoms with van der Waals surface area (Å²) in [5, 5.41) is 3.78. The number of aromatic nitrogens is 1. The van der Waals surface area contributed by atoms with Gasteiger partial charge in [-0.3, -0.25) is 0 Å². The summed E-state index contributed by atoms with van der Waals surface area (Å²) in [6, 6.07) is 3.59. The highest BCUT2D eigenvalue weighted by Gasteiger charge is 2.13. The zero-order valence-corrected chi connectivity index (χ0v) is 8.46. The molecule has 2 N–H and O–H groups in total. The van der Waals surface area contributed by atoms with E-state index in [2.05, 4.69) is 21.1 Å². The van der Waals surface area contributed by atoms with Crippen molar-refractivity contribution in [2.24, 2.45) is 0 Å². The molecule has 0 bridgehead atoms. The van der Waals surface area contributed by atoms with Crippen LogP contribution in [0.5, 0.6) is 0 Å². The second-order valence-electron chi connectivity index (χ2n) is 2.62. The lowest BCUT2D eigenvalue weighted by Gasteiger charge is -1.89. The van der Waals surface area contributed by atoms with Crippen LogP contribution in [0.3, 0.4) is 0 Å². The van der Waals surface area contributed by atoms with Crippen molar-refractivity contribution in [3.8, 4) is 11.5 Å². The van der Waals surface area contributed by atoms with Crippen LogP contribution in [-0.4, -0.2) is 5.16 Å². The molecule has 0 unspecified atom stereocenters. The lowest BCUT2D eigenvalue weighted by molar-refractivity contribution is 0.434. The quantitative estimate of drug-likeness (QED) is 0.835. The van der Waals surface area contributed by atoms with E-state index in [4.69, 9.17) is 14.7 Å². The number of hydrogen-bond acceptors (Lipinski definition) is 4. The van der Waals surface area contributed by atoms with Crippen molar-refractivity contribution in [2.75, 3.05) is 5.73 Å². The van der Waals surface area contributed by atoms with Gasteiger partial charge >= 0.3 is 0 Å². The fraction of sp³-hybridized carbons (Fsp3) is 0.125. The summed E-state index contributed by atoms with van der Waals surface area (Å²) >= 11 is 3.20. The third-order valence-corrected chi connectivity index (χ3v) is 2.19. The highest BCUT2D eigenvalue weighted by molar-refractivity contribution is 9.10. The summed E-state index contributed by atoms with van der Waals surface area (Å²) in [4.78, 5) is 0. The van der Waals surface area contributed by atoms with Gasteiger partial charge in [0, 0.05) is 5.56 Å². The van der Waals surface area contributed by atoms with Crippen LogP contribution >= 0.6 is 15.9 Å². The van der Waals surface area contributed by atoms with Crippen LogP contribution in [0.15, 0.2) is 25.7 Å². The third-order valence-electron chi connectivity index (χ3n) is 1.77. The predicted octanol–water partition coefficient (Wildman–Crippen LogP) is 2.59. The summed E-state index contributed by atoms with van der Waals surface area (Å²) in [5.41, 5.74) is 6.94. The Morgan fingerprint density at radius 2 is 2.23 bits per heavy atom. The molecule has 0 spiro atoms. The molecular weight excluding hydrogens is 236 g/mol. The smallest absolute Gasteiger partial charge is 0.225 e. The van der Waals surface area contributed by atoms with Crippen LogP contribution in [0.2, 0.25) is 0 Å². The van der Waals surface area contributed by atoms with E-state index >= 15 is 0 Å². The van der Waals surface area contributed by atoms with Gasteiger partial charge in [-0.15, -0.1) is 0 Å². The Hall–Kier alpha value is -1.23. The molecule has 4 nitrogen and oxygen atoms in total. The van der Waals surface area contributed by atoms with Crippen LogP contribution < -0.4 is 5.73 Å². The Labute approximate surface area is 82.8 Å². The van der Waals surface area contributed by atoms with Crippen molar-refractivity contribution in [3.05, 3.63) is 22.4 Å². The van der Waals surface area contributed by atoms with E-state index in [1.165, 1.54) is 0 Å². The molecule has 0 aliphatic heterocycles. The summed E-state index contributed by atoms with van der Waals surface area (Å²) in [7, 11) is 0. The zero-order chi connectivity index (χ0) is 9.42. The van der Waals surface area contributed by atoms with Crippen LogP contribution in [0.1, 0.15) is 5.56 Å². The zero-order valence-electron chi connectivity index (χ0n) is 6.87. The van der Waals surface area contributed by atoms with Crippen LogP contribution in [0.4, 0.5) is 5.88 Å². The molecule has 68 valence electrons. The maximum Gasteiger partial charge on any atom is 0.225 e. The molecule has 13 heavy (non-hydrogen) atoms. The summed E-state index contributed by atoms with van der Waals surface area (Å²) in [5.74, 6) is 0.965. The van der Waals surface area contributed by atoms with Crippen molar-refractivity contribution in [3.63, 3.8) is 0 Å². The first-order valence-electron chi connectivity index (χ1n) is 3.66. The fourth-order valence-corrected chi connectivity index (χ4v) is 1.33. The Kier molecular flexibility index (Phi) is 1.88. The SMILES string of the molecule is Cc1c(-c2ccc(Br)o2)noc1N. The van der Waals surface area contributed by atoms with Gasteiger partial charge in [-0.1, -0.05) is 5.16 Å². The number of nitrogens with zero attached hydrogens (tertiary/aromatic N) is 1. The molecule has 0 saturated heterocycles. The van der Waals surface area contributed by atoms with Crippen LogP contribution in [0, 0.1) is 6.92 Å². The topological polar surface area (TPSA) is 65.2 Å². The highest BCUT2D eigenvalue weighted by atomic mass is 79.9. The molecule has 0 radical (unpaired) electrons. The standard InChI is InChI=1S/C8H7BrN2O2/c1-4-7(11-13-8(4)10)5-2-3-6(9)12-5/h2-3H,10H2,1H3. The molecule has 0 fully saturated rings. The van der Waals surface area contributed by atoms with Crippen molar-refractivity contribution < 1.29 is 8.94 Å². The van der Waals surface area contributed by atoms with Crippen molar-refractivity contribution in [1.82, 2.24) is 5.16 Å². The molecule has 0 amide bonds. The molecule has 2 aromatic rings. The number of nitrogen functional groups attached to an aromatic ring is 1. The molecule has 5 heteroatoms. The predicted molar refractivity (Wildman–Crippen MR) is 51.1 cm³/mol. The average Bonchev–Trinajstić information content (AvgIpc) is 2.62. The van der Waals surface area contributed by atoms with Crippen molar-refractivity contribution in [2.45, 2.75) is 6.92 Å². The largest absolute Gasteiger partial charge is 0.448 e. The van der Waals surface area contributed by atoms with Crippen molar-refractivity contribution >= 4 is 21.8 Å². The lowest BCUT2D eigenvalue weighted by atomic mass is 10.2. The Morgan fingerprint density at radius 3 is 2.69 bits per heavy atom. The second kappa shape index (κ2) is 2.92. The first kappa shape index (κ1) is 8.37. The molecule has 0 saturated carbocycles. The minimum absolute atomic E-state index is 0.322. The van der Waals surface area contributed by atoms with E-state index in [9.17, 15) is 0 Å². The average molecular weight is 243 g/mol. The molecular formula is C8H7BrN2O2. The summed E-state index contributed by atoms with van der Waals surface area (Å²) in [6.07, 6.45) is 0. The van der Waals surface area contributed by atoms with Gasteiger partial charge in [0.1, 0.15) is 0 Å². The van der Waals surface area contributed by atoms with E-state index in [1.807, 2.05) is 6.92 Å². The lowest BCUT2D eigenvalue weighted by Crippen LogP contribution is -1.83. The van der Waals surface area contributed by atoms with Crippen molar-refractivity contribution in [1.29, 1.82) is 0 Å². The maximum absolute atomic E-state index is 5.50. The Morgan fingerprint density at radius 1 is 1.46 bits per heavy atom. The van der Waals surface area contributed by atoms with Gasteiger partial charge in [0.2, 0.25) is 5.88 Å². The molecule has 2 rings (SSSR count). The summed E-state index contributed by atoms with van der Waals surface area (Å²) in [6.45, 7) is 1.83. The highest BCUT2D eigenvalue weighted by Crippen LogP contribution is 2.28.